The van der Waals surface area contributed by atoms with Gasteiger partial charge in [-0.25, -0.2) is 0 Å². The van der Waals surface area contributed by atoms with Crippen molar-refractivity contribution in [2.24, 2.45) is 0 Å². The number of nitrogens with one attached hydrogen (secondary N) is 1. The molecule has 1 N–H and O–H groups in total. The van der Waals surface area contributed by atoms with Crippen molar-refractivity contribution in [1.29, 1.82) is 0 Å². The first-order valence-corrected chi connectivity index (χ1v) is 5.83. The van der Waals surface area contributed by atoms with Gasteiger partial charge in [-0.3, -0.25) is 0 Å². The van der Waals surface area contributed by atoms with Crippen LogP contribution in [0.1, 0.15) is 13.8 Å². The van der Waals surface area contributed by atoms with Gasteiger partial charge < -0.3 is 10.1 Å². The number of para-hydroxylation sites is 1. The van der Waals surface area contributed by atoms with Gasteiger partial charge in [0.1, 0.15) is 11.5 Å². The van der Waals surface area contributed by atoms with Crippen LogP contribution in [0.3, 0.4) is 0 Å². The molecule has 0 radical (unpaired) electrons. The molecule has 0 spiro atoms. The Morgan fingerprint density at radius 2 is 1.59 bits per heavy atom. The topological polar surface area (TPSA) is 21.3 Å². The lowest BCUT2D eigenvalue weighted by atomic mass is 10.2. The van der Waals surface area contributed by atoms with Gasteiger partial charge in [0.15, 0.2) is 0 Å². The molecule has 2 rings (SSSR count). The van der Waals surface area contributed by atoms with Crippen LogP contribution in [0.5, 0.6) is 11.5 Å². The molecule has 2 aromatic rings. The summed E-state index contributed by atoms with van der Waals surface area (Å²) in [6.45, 7) is 4.23. The SMILES string of the molecule is CC(C)Nc1cccc(Oc2ccccc2)c1. The van der Waals surface area contributed by atoms with E-state index in [1.165, 1.54) is 0 Å². The third kappa shape index (κ3) is 3.52. The Labute approximate surface area is 102 Å². The normalized spacial score (nSPS) is 10.3. The van der Waals surface area contributed by atoms with Crippen LogP contribution in [-0.4, -0.2) is 6.04 Å². The zero-order chi connectivity index (χ0) is 12.1. The molecule has 0 aliphatic rings. The van der Waals surface area contributed by atoms with Crippen LogP contribution in [0.15, 0.2) is 54.6 Å². The van der Waals surface area contributed by atoms with E-state index in [1.54, 1.807) is 0 Å². The second-order valence-electron chi connectivity index (χ2n) is 4.24. The first-order valence-electron chi connectivity index (χ1n) is 5.83. The number of hydrogen-bond donors (Lipinski definition) is 1. The van der Waals surface area contributed by atoms with E-state index in [2.05, 4.69) is 19.2 Å². The highest BCUT2D eigenvalue weighted by Gasteiger charge is 1.99. The van der Waals surface area contributed by atoms with Crippen molar-refractivity contribution in [3.63, 3.8) is 0 Å². The molecule has 0 aliphatic heterocycles. The molecular formula is C15H17NO. The van der Waals surface area contributed by atoms with E-state index in [-0.39, 0.29) is 0 Å². The van der Waals surface area contributed by atoms with Crippen LogP contribution in [0.25, 0.3) is 0 Å². The highest BCUT2D eigenvalue weighted by atomic mass is 16.5. The number of benzene rings is 2. The summed E-state index contributed by atoms with van der Waals surface area (Å²) in [6.07, 6.45) is 0. The van der Waals surface area contributed by atoms with Crippen molar-refractivity contribution in [2.75, 3.05) is 5.32 Å². The fraction of sp³-hybridized carbons (Fsp3) is 0.200. The van der Waals surface area contributed by atoms with Gasteiger partial charge in [-0.1, -0.05) is 24.3 Å². The molecule has 0 heterocycles. The van der Waals surface area contributed by atoms with Gasteiger partial charge in [-0.15, -0.1) is 0 Å². The molecule has 0 fully saturated rings. The van der Waals surface area contributed by atoms with E-state index in [0.29, 0.717) is 6.04 Å². The van der Waals surface area contributed by atoms with Crippen molar-refractivity contribution < 1.29 is 4.74 Å². The molecule has 0 amide bonds. The molecule has 2 aromatic carbocycles. The van der Waals surface area contributed by atoms with Crippen LogP contribution in [0, 0.1) is 0 Å². The zero-order valence-corrected chi connectivity index (χ0v) is 10.2. The molecule has 0 atom stereocenters. The lowest BCUT2D eigenvalue weighted by Crippen LogP contribution is -2.09. The fourth-order valence-electron chi connectivity index (χ4n) is 1.61. The van der Waals surface area contributed by atoms with Crippen molar-refractivity contribution in [3.05, 3.63) is 54.6 Å². The number of ether oxygens (including phenoxy) is 1. The Hall–Kier alpha value is -1.96. The van der Waals surface area contributed by atoms with Gasteiger partial charge >= 0.3 is 0 Å². The van der Waals surface area contributed by atoms with Gasteiger partial charge in [-0.05, 0) is 38.1 Å². The molecule has 0 aromatic heterocycles. The maximum atomic E-state index is 5.76. The van der Waals surface area contributed by atoms with Crippen molar-refractivity contribution >= 4 is 5.69 Å². The summed E-state index contributed by atoms with van der Waals surface area (Å²) in [5.74, 6) is 1.70. The van der Waals surface area contributed by atoms with E-state index in [9.17, 15) is 0 Å². The summed E-state index contributed by atoms with van der Waals surface area (Å²) >= 11 is 0. The molecule has 2 heteroatoms. The summed E-state index contributed by atoms with van der Waals surface area (Å²) in [5, 5.41) is 3.35. The highest BCUT2D eigenvalue weighted by Crippen LogP contribution is 2.23. The summed E-state index contributed by atoms with van der Waals surface area (Å²) < 4.78 is 5.76. The Morgan fingerprint density at radius 1 is 0.882 bits per heavy atom. The van der Waals surface area contributed by atoms with Crippen LogP contribution in [0.4, 0.5) is 5.69 Å². The number of anilines is 1. The first-order chi connectivity index (χ1) is 8.24. The van der Waals surface area contributed by atoms with Gasteiger partial charge in [0.05, 0.1) is 0 Å². The van der Waals surface area contributed by atoms with Crippen molar-refractivity contribution in [2.45, 2.75) is 19.9 Å². The Balaban J connectivity index is 2.11. The molecular weight excluding hydrogens is 210 g/mol. The van der Waals surface area contributed by atoms with Crippen LogP contribution < -0.4 is 10.1 Å². The highest BCUT2D eigenvalue weighted by molar-refractivity contribution is 5.49. The molecule has 0 aliphatic carbocycles. The summed E-state index contributed by atoms with van der Waals surface area (Å²) in [4.78, 5) is 0. The monoisotopic (exact) mass is 227 g/mol. The minimum Gasteiger partial charge on any atom is -0.457 e. The lowest BCUT2D eigenvalue weighted by Gasteiger charge is -2.11. The average molecular weight is 227 g/mol. The second kappa shape index (κ2) is 5.39. The zero-order valence-electron chi connectivity index (χ0n) is 10.2. The van der Waals surface area contributed by atoms with E-state index >= 15 is 0 Å². The Kier molecular flexibility index (Phi) is 3.66. The minimum atomic E-state index is 0.418. The van der Waals surface area contributed by atoms with Crippen molar-refractivity contribution in [3.8, 4) is 11.5 Å². The van der Waals surface area contributed by atoms with E-state index in [1.807, 2.05) is 54.6 Å². The largest absolute Gasteiger partial charge is 0.457 e. The van der Waals surface area contributed by atoms with E-state index in [0.717, 1.165) is 17.2 Å². The predicted octanol–water partition coefficient (Wildman–Crippen LogP) is 4.30. The number of rotatable bonds is 4. The summed E-state index contributed by atoms with van der Waals surface area (Å²) in [7, 11) is 0. The standard InChI is InChI=1S/C15H17NO/c1-12(2)16-13-7-6-10-15(11-13)17-14-8-4-3-5-9-14/h3-12,16H,1-2H3. The maximum Gasteiger partial charge on any atom is 0.129 e. The van der Waals surface area contributed by atoms with Gasteiger partial charge in [0.2, 0.25) is 0 Å². The second-order valence-corrected chi connectivity index (χ2v) is 4.24. The number of hydrogen-bond acceptors (Lipinski definition) is 2. The predicted molar refractivity (Wildman–Crippen MR) is 71.7 cm³/mol. The molecule has 88 valence electrons. The molecule has 0 saturated carbocycles. The molecule has 0 bridgehead atoms. The average Bonchev–Trinajstić information content (AvgIpc) is 2.30. The first kappa shape index (κ1) is 11.5. The quantitative estimate of drug-likeness (QED) is 0.840. The van der Waals surface area contributed by atoms with Crippen LogP contribution >= 0.6 is 0 Å². The molecule has 0 saturated heterocycles. The van der Waals surface area contributed by atoms with Crippen molar-refractivity contribution in [1.82, 2.24) is 0 Å². The smallest absolute Gasteiger partial charge is 0.129 e. The Morgan fingerprint density at radius 3 is 2.29 bits per heavy atom. The van der Waals surface area contributed by atoms with E-state index in [4.69, 9.17) is 4.74 Å². The fourth-order valence-corrected chi connectivity index (χ4v) is 1.61. The molecule has 17 heavy (non-hydrogen) atoms. The maximum absolute atomic E-state index is 5.76. The van der Waals surface area contributed by atoms with Crippen LogP contribution in [0.2, 0.25) is 0 Å². The van der Waals surface area contributed by atoms with Gasteiger partial charge in [0, 0.05) is 17.8 Å². The summed E-state index contributed by atoms with van der Waals surface area (Å²) in [6, 6.07) is 18.2. The van der Waals surface area contributed by atoms with Gasteiger partial charge in [-0.2, -0.15) is 0 Å². The third-order valence-corrected chi connectivity index (χ3v) is 2.27. The minimum absolute atomic E-state index is 0.418. The third-order valence-electron chi connectivity index (χ3n) is 2.27. The Bertz CT molecular complexity index is 465. The summed E-state index contributed by atoms with van der Waals surface area (Å²) in [5.41, 5.74) is 1.08. The lowest BCUT2D eigenvalue weighted by molar-refractivity contribution is 0.483. The van der Waals surface area contributed by atoms with E-state index < -0.39 is 0 Å². The van der Waals surface area contributed by atoms with Crippen LogP contribution in [-0.2, 0) is 0 Å². The molecule has 2 nitrogen and oxygen atoms in total. The molecule has 0 unspecified atom stereocenters. The van der Waals surface area contributed by atoms with Gasteiger partial charge in [0.25, 0.3) is 0 Å².